The Bertz CT molecular complexity index is 996. The molecule has 2 aromatic rings. The van der Waals surface area contributed by atoms with Crippen molar-refractivity contribution in [3.63, 3.8) is 0 Å². The fourth-order valence-electron chi connectivity index (χ4n) is 4.00. The summed E-state index contributed by atoms with van der Waals surface area (Å²) in [6, 6.07) is 11.2. The maximum Gasteiger partial charge on any atom is 0.263 e. The standard InChI is InChI=1S/C26H34N2O5/c1-17(2)21-9-7-18(3)15-23(21)33-19(4)25(29)27-11-13-28(14-12-27)26(30)20-8-10-22(31-5)24(16-20)32-6/h7-10,15-17,19H,11-14H2,1-6H3. The van der Waals surface area contributed by atoms with Crippen LogP contribution in [0.2, 0.25) is 0 Å². The van der Waals surface area contributed by atoms with E-state index in [-0.39, 0.29) is 11.8 Å². The van der Waals surface area contributed by atoms with Gasteiger partial charge in [0.15, 0.2) is 17.6 Å². The zero-order chi connectivity index (χ0) is 24.1. The Morgan fingerprint density at radius 2 is 1.45 bits per heavy atom. The van der Waals surface area contributed by atoms with Crippen molar-refractivity contribution in [1.82, 2.24) is 9.80 Å². The molecule has 1 heterocycles. The van der Waals surface area contributed by atoms with Crippen LogP contribution < -0.4 is 14.2 Å². The van der Waals surface area contributed by atoms with Gasteiger partial charge in [0.25, 0.3) is 11.8 Å². The SMILES string of the molecule is COc1ccc(C(=O)N2CCN(C(=O)C(C)Oc3cc(C)ccc3C(C)C)CC2)cc1OC. The first-order valence-electron chi connectivity index (χ1n) is 11.3. The molecule has 1 saturated heterocycles. The Hall–Kier alpha value is -3.22. The fourth-order valence-corrected chi connectivity index (χ4v) is 4.00. The molecule has 178 valence electrons. The van der Waals surface area contributed by atoms with Crippen LogP contribution in [-0.4, -0.2) is 68.1 Å². The number of amides is 2. The first-order chi connectivity index (χ1) is 15.7. The second-order valence-corrected chi connectivity index (χ2v) is 8.64. The van der Waals surface area contributed by atoms with Crippen molar-refractivity contribution >= 4 is 11.8 Å². The molecule has 3 rings (SSSR count). The minimum Gasteiger partial charge on any atom is -0.493 e. The first kappa shape index (κ1) is 24.4. The smallest absolute Gasteiger partial charge is 0.263 e. The Morgan fingerprint density at radius 1 is 0.818 bits per heavy atom. The highest BCUT2D eigenvalue weighted by Gasteiger charge is 2.29. The van der Waals surface area contributed by atoms with Crippen LogP contribution in [0.5, 0.6) is 17.2 Å². The van der Waals surface area contributed by atoms with Gasteiger partial charge in [0, 0.05) is 31.7 Å². The van der Waals surface area contributed by atoms with Crippen LogP contribution in [0.4, 0.5) is 0 Å². The van der Waals surface area contributed by atoms with Gasteiger partial charge in [0.1, 0.15) is 5.75 Å². The predicted octanol–water partition coefficient (Wildman–Crippen LogP) is 3.89. The molecule has 0 aromatic heterocycles. The van der Waals surface area contributed by atoms with Crippen LogP contribution >= 0.6 is 0 Å². The molecule has 33 heavy (non-hydrogen) atoms. The van der Waals surface area contributed by atoms with Gasteiger partial charge in [0.2, 0.25) is 0 Å². The van der Waals surface area contributed by atoms with Gasteiger partial charge in [-0.05, 0) is 55.2 Å². The van der Waals surface area contributed by atoms with Crippen LogP contribution in [0.15, 0.2) is 36.4 Å². The summed E-state index contributed by atoms with van der Waals surface area (Å²) in [5.41, 5.74) is 2.71. The van der Waals surface area contributed by atoms with Crippen molar-refractivity contribution in [2.75, 3.05) is 40.4 Å². The molecule has 1 aliphatic heterocycles. The molecule has 0 bridgehead atoms. The van der Waals surface area contributed by atoms with E-state index in [4.69, 9.17) is 14.2 Å². The number of benzene rings is 2. The maximum absolute atomic E-state index is 13.0. The van der Waals surface area contributed by atoms with E-state index in [0.717, 1.165) is 16.9 Å². The second-order valence-electron chi connectivity index (χ2n) is 8.64. The van der Waals surface area contributed by atoms with Crippen LogP contribution in [-0.2, 0) is 4.79 Å². The Kier molecular flexibility index (Phi) is 7.84. The zero-order valence-electron chi connectivity index (χ0n) is 20.4. The number of carbonyl (C=O) groups excluding carboxylic acids is 2. The Balaban J connectivity index is 1.61. The van der Waals surface area contributed by atoms with Gasteiger partial charge < -0.3 is 24.0 Å². The molecule has 0 aliphatic carbocycles. The number of hydrogen-bond donors (Lipinski definition) is 0. The van der Waals surface area contributed by atoms with Gasteiger partial charge >= 0.3 is 0 Å². The number of aryl methyl sites for hydroxylation is 1. The second kappa shape index (κ2) is 10.6. The van der Waals surface area contributed by atoms with Crippen LogP contribution in [0, 0.1) is 6.92 Å². The van der Waals surface area contributed by atoms with Gasteiger partial charge in [-0.15, -0.1) is 0 Å². The molecule has 1 aliphatic rings. The average Bonchev–Trinajstić information content (AvgIpc) is 2.82. The summed E-state index contributed by atoms with van der Waals surface area (Å²) < 4.78 is 16.6. The molecule has 7 heteroatoms. The van der Waals surface area contributed by atoms with E-state index >= 15 is 0 Å². The molecule has 7 nitrogen and oxygen atoms in total. The van der Waals surface area contributed by atoms with Gasteiger partial charge in [0.05, 0.1) is 14.2 Å². The normalized spacial score (nSPS) is 14.8. The molecule has 0 saturated carbocycles. The fraction of sp³-hybridized carbons (Fsp3) is 0.462. The van der Waals surface area contributed by atoms with Crippen LogP contribution in [0.25, 0.3) is 0 Å². The average molecular weight is 455 g/mol. The largest absolute Gasteiger partial charge is 0.493 e. The summed E-state index contributed by atoms with van der Waals surface area (Å²) in [5, 5.41) is 0. The lowest BCUT2D eigenvalue weighted by atomic mass is 10.0. The predicted molar refractivity (Wildman–Crippen MR) is 127 cm³/mol. The van der Waals surface area contributed by atoms with Crippen molar-refractivity contribution < 1.29 is 23.8 Å². The Labute approximate surface area is 196 Å². The summed E-state index contributed by atoms with van der Waals surface area (Å²) in [5.74, 6) is 1.99. The summed E-state index contributed by atoms with van der Waals surface area (Å²) in [7, 11) is 3.10. The van der Waals surface area contributed by atoms with Gasteiger partial charge in [-0.3, -0.25) is 9.59 Å². The van der Waals surface area contributed by atoms with Crippen molar-refractivity contribution in [1.29, 1.82) is 0 Å². The number of piperazine rings is 1. The van der Waals surface area contributed by atoms with E-state index in [0.29, 0.717) is 49.2 Å². The highest BCUT2D eigenvalue weighted by atomic mass is 16.5. The van der Waals surface area contributed by atoms with E-state index in [1.165, 1.54) is 0 Å². The highest BCUT2D eigenvalue weighted by molar-refractivity contribution is 5.95. The van der Waals surface area contributed by atoms with E-state index in [1.54, 1.807) is 49.1 Å². The van der Waals surface area contributed by atoms with Crippen LogP contribution in [0.1, 0.15) is 48.2 Å². The van der Waals surface area contributed by atoms with E-state index in [2.05, 4.69) is 26.0 Å². The molecular formula is C26H34N2O5. The topological polar surface area (TPSA) is 68.3 Å². The van der Waals surface area contributed by atoms with Gasteiger partial charge in [-0.1, -0.05) is 26.0 Å². The third-order valence-corrected chi connectivity index (χ3v) is 5.95. The lowest BCUT2D eigenvalue weighted by Crippen LogP contribution is -2.53. The number of carbonyl (C=O) groups is 2. The molecule has 0 radical (unpaired) electrons. The monoisotopic (exact) mass is 454 g/mol. The molecular weight excluding hydrogens is 420 g/mol. The molecule has 1 atom stereocenters. The molecule has 0 N–H and O–H groups in total. The molecule has 2 aromatic carbocycles. The van der Waals surface area contributed by atoms with Crippen molar-refractivity contribution in [3.8, 4) is 17.2 Å². The number of hydrogen-bond acceptors (Lipinski definition) is 5. The number of nitrogens with zero attached hydrogens (tertiary/aromatic N) is 2. The third-order valence-electron chi connectivity index (χ3n) is 5.95. The quantitative estimate of drug-likeness (QED) is 0.635. The van der Waals surface area contributed by atoms with Crippen molar-refractivity contribution in [2.45, 2.75) is 39.7 Å². The van der Waals surface area contributed by atoms with Crippen molar-refractivity contribution in [3.05, 3.63) is 53.1 Å². The van der Waals surface area contributed by atoms with Crippen LogP contribution in [0.3, 0.4) is 0 Å². The zero-order valence-corrected chi connectivity index (χ0v) is 20.4. The third kappa shape index (κ3) is 5.59. The minimum atomic E-state index is -0.600. The lowest BCUT2D eigenvalue weighted by molar-refractivity contribution is -0.139. The van der Waals surface area contributed by atoms with Gasteiger partial charge in [-0.25, -0.2) is 0 Å². The summed E-state index contributed by atoms with van der Waals surface area (Å²) in [6.07, 6.45) is -0.600. The highest BCUT2D eigenvalue weighted by Crippen LogP contribution is 2.29. The first-order valence-corrected chi connectivity index (χ1v) is 11.3. The molecule has 1 unspecified atom stereocenters. The summed E-state index contributed by atoms with van der Waals surface area (Å²) in [4.78, 5) is 29.5. The van der Waals surface area contributed by atoms with Gasteiger partial charge in [-0.2, -0.15) is 0 Å². The molecule has 2 amide bonds. The number of methoxy groups -OCH3 is 2. The lowest BCUT2D eigenvalue weighted by Gasteiger charge is -2.36. The Morgan fingerprint density at radius 3 is 2.06 bits per heavy atom. The minimum absolute atomic E-state index is 0.0653. The van der Waals surface area contributed by atoms with E-state index < -0.39 is 6.10 Å². The molecule has 1 fully saturated rings. The number of ether oxygens (including phenoxy) is 3. The maximum atomic E-state index is 13.0. The summed E-state index contributed by atoms with van der Waals surface area (Å²) in [6.45, 7) is 9.89. The van der Waals surface area contributed by atoms with E-state index in [1.807, 2.05) is 13.0 Å². The number of rotatable bonds is 7. The van der Waals surface area contributed by atoms with E-state index in [9.17, 15) is 9.59 Å². The van der Waals surface area contributed by atoms with Crippen molar-refractivity contribution in [2.24, 2.45) is 0 Å². The molecule has 0 spiro atoms. The summed E-state index contributed by atoms with van der Waals surface area (Å²) >= 11 is 0.